The van der Waals surface area contributed by atoms with Crippen LogP contribution in [-0.4, -0.2) is 43.1 Å². The van der Waals surface area contributed by atoms with Gasteiger partial charge in [0.05, 0.1) is 6.20 Å². The number of nitrogens with zero attached hydrogens (tertiary/aromatic N) is 2. The van der Waals surface area contributed by atoms with Gasteiger partial charge in [0, 0.05) is 32.9 Å². The van der Waals surface area contributed by atoms with Crippen molar-refractivity contribution in [3.63, 3.8) is 0 Å². The van der Waals surface area contributed by atoms with Crippen LogP contribution >= 0.6 is 11.3 Å². The van der Waals surface area contributed by atoms with Crippen molar-refractivity contribution in [2.24, 2.45) is 0 Å². The number of aromatic nitrogens is 1. The van der Waals surface area contributed by atoms with Crippen LogP contribution in [-0.2, 0) is 4.74 Å². The van der Waals surface area contributed by atoms with E-state index in [-0.39, 0.29) is 5.91 Å². The molecule has 0 N–H and O–H groups in total. The van der Waals surface area contributed by atoms with E-state index in [1.54, 1.807) is 20.4 Å². The zero-order valence-corrected chi connectivity index (χ0v) is 14.2. The molecule has 0 saturated carbocycles. The minimum absolute atomic E-state index is 0.0905. The molecule has 120 valence electrons. The Labute approximate surface area is 141 Å². The molecule has 2 aromatic rings. The molecule has 1 aromatic heterocycles. The largest absolute Gasteiger partial charge is 0.388 e. The molecule has 0 aliphatic carbocycles. The number of rotatable bonds is 1. The Morgan fingerprint density at radius 1 is 1.17 bits per heavy atom. The van der Waals surface area contributed by atoms with E-state index in [0.29, 0.717) is 9.88 Å². The third-order valence-electron chi connectivity index (χ3n) is 3.20. The predicted octanol–water partition coefficient (Wildman–Crippen LogP) is 3.04. The summed E-state index contributed by atoms with van der Waals surface area (Å²) < 4.78 is 4.25. The molecule has 1 aliphatic heterocycles. The summed E-state index contributed by atoms with van der Waals surface area (Å²) in [7, 11) is 3.25. The predicted molar refractivity (Wildman–Crippen MR) is 92.6 cm³/mol. The first-order valence-electron chi connectivity index (χ1n) is 7.47. The monoisotopic (exact) mass is 328 g/mol. The fourth-order valence-corrected chi connectivity index (χ4v) is 2.89. The van der Waals surface area contributed by atoms with E-state index in [2.05, 4.69) is 21.6 Å². The van der Waals surface area contributed by atoms with Crippen LogP contribution < -0.4 is 0 Å². The summed E-state index contributed by atoms with van der Waals surface area (Å²) in [6.07, 6.45) is 3.84. The third-order valence-corrected chi connectivity index (χ3v) is 4.10. The number of thiazole rings is 1. The number of ether oxygens (including phenoxy) is 1. The molecule has 1 saturated heterocycles. The summed E-state index contributed by atoms with van der Waals surface area (Å²) in [6.45, 7) is 1.73. The van der Waals surface area contributed by atoms with Gasteiger partial charge in [0.25, 0.3) is 5.91 Å². The van der Waals surface area contributed by atoms with E-state index in [9.17, 15) is 4.79 Å². The van der Waals surface area contributed by atoms with Crippen LogP contribution in [0.25, 0.3) is 0 Å². The lowest BCUT2D eigenvalue weighted by atomic mass is 10.2. The van der Waals surface area contributed by atoms with Crippen molar-refractivity contribution >= 4 is 17.2 Å². The number of hydrogen-bond acceptors (Lipinski definition) is 4. The average molecular weight is 328 g/mol. The van der Waals surface area contributed by atoms with E-state index >= 15 is 0 Å². The second-order valence-corrected chi connectivity index (χ2v) is 6.08. The Balaban J connectivity index is 0.000000595. The normalized spacial score (nSPS) is 12.9. The smallest absolute Gasteiger partial charge is 0.265 e. The summed E-state index contributed by atoms with van der Waals surface area (Å²) >= 11 is 1.37. The van der Waals surface area contributed by atoms with Crippen molar-refractivity contribution in [2.75, 3.05) is 27.3 Å². The summed E-state index contributed by atoms with van der Waals surface area (Å²) in [4.78, 5) is 19.0. The first-order chi connectivity index (χ1) is 11.2. The Bertz CT molecular complexity index is 680. The lowest BCUT2D eigenvalue weighted by molar-refractivity contribution is 0.0797. The second kappa shape index (κ2) is 9.09. The molecule has 2 heterocycles. The molecule has 0 spiro atoms. The number of amides is 1. The van der Waals surface area contributed by atoms with E-state index in [4.69, 9.17) is 0 Å². The van der Waals surface area contributed by atoms with Crippen molar-refractivity contribution in [2.45, 2.75) is 12.8 Å². The van der Waals surface area contributed by atoms with Crippen LogP contribution in [0, 0.1) is 11.8 Å². The van der Waals surface area contributed by atoms with Gasteiger partial charge in [-0.2, -0.15) is 0 Å². The number of benzene rings is 1. The zero-order chi connectivity index (χ0) is 16.5. The molecular weight excluding hydrogens is 308 g/mol. The highest BCUT2D eigenvalue weighted by Crippen LogP contribution is 2.18. The molecule has 1 aliphatic rings. The van der Waals surface area contributed by atoms with Crippen molar-refractivity contribution in [1.29, 1.82) is 0 Å². The Hall–Kier alpha value is -2.16. The first-order valence-corrected chi connectivity index (χ1v) is 8.28. The standard InChI is InChI=1S/C16H14N2OS.C2H6O/c19-16(18-10-4-5-11-18)14-12-17-15(20-14)9-8-13-6-2-1-3-7-13;1-3-2/h1-3,6-7,12H,4-5,10-11H2;1-2H3. The van der Waals surface area contributed by atoms with E-state index in [0.717, 1.165) is 31.5 Å². The topological polar surface area (TPSA) is 42.4 Å². The highest BCUT2D eigenvalue weighted by atomic mass is 32.1. The van der Waals surface area contributed by atoms with Gasteiger partial charge in [0.15, 0.2) is 5.01 Å². The second-order valence-electron chi connectivity index (χ2n) is 5.05. The third kappa shape index (κ3) is 5.20. The maximum absolute atomic E-state index is 12.2. The van der Waals surface area contributed by atoms with Gasteiger partial charge < -0.3 is 9.64 Å². The molecule has 1 fully saturated rings. The minimum atomic E-state index is 0.0905. The summed E-state index contributed by atoms with van der Waals surface area (Å²) in [6, 6.07) is 9.78. The molecule has 1 amide bonds. The van der Waals surface area contributed by atoms with Gasteiger partial charge >= 0.3 is 0 Å². The molecule has 4 nitrogen and oxygen atoms in total. The fourth-order valence-electron chi connectivity index (χ4n) is 2.15. The highest BCUT2D eigenvalue weighted by molar-refractivity contribution is 7.14. The van der Waals surface area contributed by atoms with Crippen LogP contribution in [0.4, 0.5) is 0 Å². The SMILES string of the molecule is COC.O=C(c1cnc(C#Cc2ccccc2)s1)N1CCCC1. The zero-order valence-electron chi connectivity index (χ0n) is 13.4. The lowest BCUT2D eigenvalue weighted by Crippen LogP contribution is -2.26. The van der Waals surface area contributed by atoms with Gasteiger partial charge in [0.2, 0.25) is 0 Å². The van der Waals surface area contributed by atoms with Crippen LogP contribution in [0.15, 0.2) is 36.5 Å². The van der Waals surface area contributed by atoms with Crippen LogP contribution in [0.1, 0.15) is 33.1 Å². The van der Waals surface area contributed by atoms with Crippen molar-refractivity contribution in [3.8, 4) is 11.8 Å². The van der Waals surface area contributed by atoms with Gasteiger partial charge in [-0.3, -0.25) is 4.79 Å². The molecule has 3 rings (SSSR count). The van der Waals surface area contributed by atoms with E-state index < -0.39 is 0 Å². The van der Waals surface area contributed by atoms with Gasteiger partial charge in [-0.1, -0.05) is 24.1 Å². The van der Waals surface area contributed by atoms with E-state index in [1.807, 2.05) is 35.2 Å². The molecule has 0 unspecified atom stereocenters. The van der Waals surface area contributed by atoms with Crippen molar-refractivity contribution in [1.82, 2.24) is 9.88 Å². The molecule has 0 radical (unpaired) electrons. The van der Waals surface area contributed by atoms with Gasteiger partial charge in [-0.05, 0) is 30.9 Å². The maximum atomic E-state index is 12.2. The molecule has 0 atom stereocenters. The van der Waals surface area contributed by atoms with E-state index in [1.165, 1.54) is 11.3 Å². The lowest BCUT2D eigenvalue weighted by Gasteiger charge is -2.12. The summed E-state index contributed by atoms with van der Waals surface area (Å²) in [5.41, 5.74) is 0.954. The maximum Gasteiger partial charge on any atom is 0.265 e. The molecule has 0 bridgehead atoms. The Morgan fingerprint density at radius 3 is 2.48 bits per heavy atom. The van der Waals surface area contributed by atoms with Gasteiger partial charge in [-0.25, -0.2) is 4.98 Å². The first kappa shape index (κ1) is 17.2. The average Bonchev–Trinajstić information content (AvgIpc) is 3.26. The van der Waals surface area contributed by atoms with Gasteiger partial charge in [0.1, 0.15) is 4.88 Å². The Morgan fingerprint density at radius 2 is 1.83 bits per heavy atom. The highest BCUT2D eigenvalue weighted by Gasteiger charge is 2.21. The molecule has 23 heavy (non-hydrogen) atoms. The summed E-state index contributed by atoms with van der Waals surface area (Å²) in [5.74, 6) is 6.16. The molecule has 1 aromatic carbocycles. The fraction of sp³-hybridized carbons (Fsp3) is 0.333. The number of likely N-dealkylation sites (tertiary alicyclic amines) is 1. The van der Waals surface area contributed by atoms with Gasteiger partial charge in [-0.15, -0.1) is 11.3 Å². The van der Waals surface area contributed by atoms with Crippen molar-refractivity contribution < 1.29 is 9.53 Å². The number of methoxy groups -OCH3 is 1. The summed E-state index contributed by atoms with van der Waals surface area (Å²) in [5, 5.41) is 0.691. The molecular formula is C18H20N2O2S. The number of carbonyl (C=O) groups is 1. The quantitative estimate of drug-likeness (QED) is 0.756. The minimum Gasteiger partial charge on any atom is -0.388 e. The van der Waals surface area contributed by atoms with Crippen LogP contribution in [0.5, 0.6) is 0 Å². The van der Waals surface area contributed by atoms with Crippen LogP contribution in [0.3, 0.4) is 0 Å². The van der Waals surface area contributed by atoms with Crippen LogP contribution in [0.2, 0.25) is 0 Å². The number of hydrogen-bond donors (Lipinski definition) is 0. The molecule has 5 heteroatoms. The Kier molecular flexibility index (Phi) is 6.79. The van der Waals surface area contributed by atoms with Crippen molar-refractivity contribution in [3.05, 3.63) is 52.0 Å². The number of carbonyl (C=O) groups excluding carboxylic acids is 1.